The van der Waals surface area contributed by atoms with Gasteiger partial charge < -0.3 is 14.8 Å². The highest BCUT2D eigenvalue weighted by atomic mass is 16.5. The smallest absolute Gasteiger partial charge is 0.331 e. The molecule has 1 atom stereocenters. The van der Waals surface area contributed by atoms with Gasteiger partial charge in [0.15, 0.2) is 6.10 Å². The molecule has 0 saturated carbocycles. The molecule has 0 aliphatic heterocycles. The number of carbonyl (C=O) groups is 2. The van der Waals surface area contributed by atoms with Gasteiger partial charge in [0.2, 0.25) is 0 Å². The number of aryl methyl sites for hydroxylation is 1. The summed E-state index contributed by atoms with van der Waals surface area (Å²) in [5.74, 6) is -0.0732. The monoisotopic (exact) mass is 367 g/mol. The number of benzene rings is 2. The molecule has 0 aliphatic rings. The highest BCUT2D eigenvalue weighted by Crippen LogP contribution is 2.11. The Bertz CT molecular complexity index is 779. The van der Waals surface area contributed by atoms with Crippen LogP contribution in [0.2, 0.25) is 0 Å². The van der Waals surface area contributed by atoms with Crippen LogP contribution in [0, 0.1) is 6.92 Å². The molecule has 5 nitrogen and oxygen atoms in total. The highest BCUT2D eigenvalue weighted by molar-refractivity contribution is 5.90. The zero-order valence-electron chi connectivity index (χ0n) is 15.9. The van der Waals surface area contributed by atoms with Gasteiger partial charge in [0.05, 0.1) is 7.11 Å². The molecule has 0 unspecified atom stereocenters. The number of nitrogens with one attached hydrogen (secondary N) is 1. The first-order chi connectivity index (χ1) is 13.0. The first-order valence-corrected chi connectivity index (χ1v) is 8.84. The topological polar surface area (TPSA) is 64.6 Å². The standard InChI is InChI=1S/C22H25NO4/c1-16-4-6-18(7-5-16)10-13-21(24)27-17(2)22(25)23-15-14-19-8-11-20(26-3)12-9-19/h4-13,17H,14-15H2,1-3H3,(H,23,25)/b13-10+/t17-/m0/s1. The van der Waals surface area contributed by atoms with Crippen molar-refractivity contribution in [3.63, 3.8) is 0 Å². The van der Waals surface area contributed by atoms with Crippen LogP contribution < -0.4 is 10.1 Å². The summed E-state index contributed by atoms with van der Waals surface area (Å²) >= 11 is 0. The molecule has 5 heteroatoms. The largest absolute Gasteiger partial charge is 0.497 e. The molecule has 142 valence electrons. The van der Waals surface area contributed by atoms with Crippen molar-refractivity contribution in [3.8, 4) is 5.75 Å². The van der Waals surface area contributed by atoms with Gasteiger partial charge in [-0.15, -0.1) is 0 Å². The van der Waals surface area contributed by atoms with E-state index in [-0.39, 0.29) is 5.91 Å². The van der Waals surface area contributed by atoms with Gasteiger partial charge in [-0.2, -0.15) is 0 Å². The third-order valence-electron chi connectivity index (χ3n) is 4.02. The molecule has 1 N–H and O–H groups in total. The average molecular weight is 367 g/mol. The summed E-state index contributed by atoms with van der Waals surface area (Å²) < 4.78 is 10.2. The second-order valence-electron chi connectivity index (χ2n) is 6.21. The van der Waals surface area contributed by atoms with Gasteiger partial charge in [0.1, 0.15) is 5.75 Å². The summed E-state index contributed by atoms with van der Waals surface area (Å²) in [6.45, 7) is 4.02. The van der Waals surface area contributed by atoms with Gasteiger partial charge in [-0.1, -0.05) is 42.0 Å². The van der Waals surface area contributed by atoms with E-state index in [1.165, 1.54) is 6.08 Å². The van der Waals surface area contributed by atoms with Crippen LogP contribution in [0.3, 0.4) is 0 Å². The predicted molar refractivity (Wildman–Crippen MR) is 105 cm³/mol. The lowest BCUT2D eigenvalue weighted by Gasteiger charge is -2.12. The van der Waals surface area contributed by atoms with Crippen molar-refractivity contribution in [1.82, 2.24) is 5.32 Å². The maximum absolute atomic E-state index is 12.0. The van der Waals surface area contributed by atoms with Crippen LogP contribution in [0.15, 0.2) is 54.6 Å². The molecule has 0 aliphatic carbocycles. The number of ether oxygens (including phenoxy) is 2. The summed E-state index contributed by atoms with van der Waals surface area (Å²) in [7, 11) is 1.62. The quantitative estimate of drug-likeness (QED) is 0.574. The molecule has 2 rings (SSSR count). The summed E-state index contributed by atoms with van der Waals surface area (Å²) in [5, 5.41) is 2.77. The van der Waals surface area contributed by atoms with E-state index in [1.807, 2.05) is 55.5 Å². The molecule has 0 saturated heterocycles. The van der Waals surface area contributed by atoms with Crippen molar-refractivity contribution < 1.29 is 19.1 Å². The normalized spacial score (nSPS) is 11.8. The third-order valence-corrected chi connectivity index (χ3v) is 4.02. The molecular formula is C22H25NO4. The van der Waals surface area contributed by atoms with Gasteiger partial charge >= 0.3 is 5.97 Å². The van der Waals surface area contributed by atoms with Crippen LogP contribution in [0.5, 0.6) is 5.75 Å². The fourth-order valence-electron chi connectivity index (χ4n) is 2.37. The van der Waals surface area contributed by atoms with Gasteiger partial charge in [0.25, 0.3) is 5.91 Å². The molecule has 2 aromatic carbocycles. The second kappa shape index (κ2) is 10.2. The lowest BCUT2D eigenvalue weighted by Crippen LogP contribution is -2.36. The van der Waals surface area contributed by atoms with E-state index in [1.54, 1.807) is 20.1 Å². The predicted octanol–water partition coefficient (Wildman–Crippen LogP) is 3.31. The molecule has 27 heavy (non-hydrogen) atoms. The Balaban J connectivity index is 1.73. The zero-order chi connectivity index (χ0) is 19.6. The highest BCUT2D eigenvalue weighted by Gasteiger charge is 2.15. The summed E-state index contributed by atoms with van der Waals surface area (Å²) in [4.78, 5) is 23.9. The molecule has 0 fully saturated rings. The summed E-state index contributed by atoms with van der Waals surface area (Å²) in [6.07, 6.45) is 2.82. The van der Waals surface area contributed by atoms with E-state index < -0.39 is 12.1 Å². The first-order valence-electron chi connectivity index (χ1n) is 8.84. The Kier molecular flexibility index (Phi) is 7.62. The van der Waals surface area contributed by atoms with E-state index in [0.29, 0.717) is 13.0 Å². The van der Waals surface area contributed by atoms with E-state index >= 15 is 0 Å². The number of hydrogen-bond acceptors (Lipinski definition) is 4. The van der Waals surface area contributed by atoms with Crippen LogP contribution in [0.25, 0.3) is 6.08 Å². The van der Waals surface area contributed by atoms with Gasteiger partial charge in [-0.25, -0.2) is 4.79 Å². The number of carbonyl (C=O) groups excluding carboxylic acids is 2. The van der Waals surface area contributed by atoms with Crippen LogP contribution in [-0.2, 0) is 20.7 Å². The number of methoxy groups -OCH3 is 1. The fraction of sp³-hybridized carbons (Fsp3) is 0.273. The molecule has 0 spiro atoms. The fourth-order valence-corrected chi connectivity index (χ4v) is 2.37. The van der Waals surface area contributed by atoms with Crippen molar-refractivity contribution in [2.24, 2.45) is 0 Å². The summed E-state index contributed by atoms with van der Waals surface area (Å²) in [6, 6.07) is 15.4. The second-order valence-corrected chi connectivity index (χ2v) is 6.21. The molecule has 0 aromatic heterocycles. The number of hydrogen-bond donors (Lipinski definition) is 1. The van der Waals surface area contributed by atoms with E-state index in [4.69, 9.17) is 9.47 Å². The van der Waals surface area contributed by atoms with Crippen LogP contribution in [0.4, 0.5) is 0 Å². The summed E-state index contributed by atoms with van der Waals surface area (Å²) in [5.41, 5.74) is 3.13. The number of amides is 1. The zero-order valence-corrected chi connectivity index (χ0v) is 15.9. The van der Waals surface area contributed by atoms with Crippen LogP contribution in [0.1, 0.15) is 23.6 Å². The molecule has 0 bridgehead atoms. The van der Waals surface area contributed by atoms with E-state index in [9.17, 15) is 9.59 Å². The molecule has 1 amide bonds. The van der Waals surface area contributed by atoms with Gasteiger partial charge in [-0.3, -0.25) is 4.79 Å². The van der Waals surface area contributed by atoms with E-state index in [0.717, 1.165) is 22.4 Å². The minimum Gasteiger partial charge on any atom is -0.497 e. The maximum Gasteiger partial charge on any atom is 0.331 e. The Morgan fingerprint density at radius 1 is 1.07 bits per heavy atom. The van der Waals surface area contributed by atoms with Crippen molar-refractivity contribution in [2.75, 3.05) is 13.7 Å². The molecule has 2 aromatic rings. The van der Waals surface area contributed by atoms with Gasteiger partial charge in [0, 0.05) is 12.6 Å². The van der Waals surface area contributed by atoms with Crippen molar-refractivity contribution in [1.29, 1.82) is 0 Å². The minimum absolute atomic E-state index is 0.319. The van der Waals surface area contributed by atoms with Crippen molar-refractivity contribution in [3.05, 3.63) is 71.3 Å². The first kappa shape index (κ1) is 20.2. The minimum atomic E-state index is -0.851. The average Bonchev–Trinajstić information content (AvgIpc) is 2.68. The Morgan fingerprint density at radius 3 is 2.37 bits per heavy atom. The van der Waals surface area contributed by atoms with Crippen molar-refractivity contribution in [2.45, 2.75) is 26.4 Å². The van der Waals surface area contributed by atoms with Crippen LogP contribution in [-0.4, -0.2) is 31.6 Å². The van der Waals surface area contributed by atoms with Crippen molar-refractivity contribution >= 4 is 18.0 Å². The molecule has 0 radical (unpaired) electrons. The van der Waals surface area contributed by atoms with Crippen LogP contribution >= 0.6 is 0 Å². The lowest BCUT2D eigenvalue weighted by atomic mass is 10.1. The van der Waals surface area contributed by atoms with E-state index in [2.05, 4.69) is 5.32 Å². The van der Waals surface area contributed by atoms with Gasteiger partial charge in [-0.05, 0) is 49.6 Å². The maximum atomic E-state index is 12.0. The third kappa shape index (κ3) is 6.98. The Morgan fingerprint density at radius 2 is 1.74 bits per heavy atom. The SMILES string of the molecule is COc1ccc(CCNC(=O)[C@H](C)OC(=O)/C=C/c2ccc(C)cc2)cc1. The number of rotatable bonds is 8. The molecule has 0 heterocycles. The lowest BCUT2D eigenvalue weighted by molar-refractivity contribution is -0.150. The Labute approximate surface area is 160 Å². The Hall–Kier alpha value is -3.08. The number of esters is 1. The molecular weight excluding hydrogens is 342 g/mol.